The molecular weight excluding hydrogens is 171 g/mol. The van der Waals surface area contributed by atoms with E-state index in [0.717, 1.165) is 12.8 Å². The highest BCUT2D eigenvalue weighted by atomic mass is 19.0. The molecule has 0 unspecified atom stereocenters. The molecule has 0 aromatic heterocycles. The summed E-state index contributed by atoms with van der Waals surface area (Å²) in [5.41, 5.74) is 0. The summed E-state index contributed by atoms with van der Waals surface area (Å²) < 4.78 is 0. The van der Waals surface area contributed by atoms with Gasteiger partial charge in [-0.3, -0.25) is 9.50 Å². The van der Waals surface area contributed by atoms with Crippen molar-refractivity contribution >= 4 is 5.97 Å². The normalized spacial score (nSPS) is 9.31. The van der Waals surface area contributed by atoms with E-state index in [0.29, 0.717) is 6.42 Å². The summed E-state index contributed by atoms with van der Waals surface area (Å²) in [7, 11) is 0. The van der Waals surface area contributed by atoms with Gasteiger partial charge in [0.15, 0.2) is 0 Å². The van der Waals surface area contributed by atoms with Crippen LogP contribution in [0.15, 0.2) is 0 Å². The molecule has 2 nitrogen and oxygen atoms in total. The summed E-state index contributed by atoms with van der Waals surface area (Å²) >= 11 is 0. The molecule has 0 aromatic rings. The smallest absolute Gasteiger partial charge is 0.303 e. The molecule has 1 N–H and O–H groups in total. The summed E-state index contributed by atoms with van der Waals surface area (Å²) in [6, 6.07) is 0. The molecular formula is C10H21FO2. The van der Waals surface area contributed by atoms with E-state index in [4.69, 9.17) is 5.11 Å². The zero-order valence-corrected chi connectivity index (χ0v) is 8.42. The largest absolute Gasteiger partial charge is 0.481 e. The maximum atomic E-state index is 10.1. The van der Waals surface area contributed by atoms with E-state index in [2.05, 4.69) is 6.92 Å². The van der Waals surface area contributed by atoms with Gasteiger partial charge in [-0.15, -0.1) is 0 Å². The molecule has 0 aliphatic rings. The van der Waals surface area contributed by atoms with Crippen LogP contribution in [0.1, 0.15) is 58.3 Å². The molecule has 0 bridgehead atoms. The second-order valence-electron chi connectivity index (χ2n) is 3.27. The summed E-state index contributed by atoms with van der Waals surface area (Å²) in [6.07, 6.45) is 8.64. The molecule has 0 aliphatic carbocycles. The molecule has 0 aromatic carbocycles. The lowest BCUT2D eigenvalue weighted by atomic mass is 10.1. The van der Waals surface area contributed by atoms with Crippen LogP contribution in [0.2, 0.25) is 0 Å². The highest BCUT2D eigenvalue weighted by Gasteiger charge is 1.95. The van der Waals surface area contributed by atoms with Crippen LogP contribution in [-0.2, 0) is 4.79 Å². The number of halogens is 1. The maximum absolute atomic E-state index is 10.1. The highest BCUT2D eigenvalue weighted by molar-refractivity contribution is 5.66. The first-order valence-electron chi connectivity index (χ1n) is 4.99. The number of unbranched alkanes of at least 4 members (excludes halogenated alkanes) is 6. The molecule has 0 aliphatic heterocycles. The standard InChI is InChI=1S/C10H20O2.FH/c1-2-3-4-5-6-7-8-9-10(11)12;/h2-9H2,1H3,(H,11,12);1H. The Morgan fingerprint density at radius 1 is 1.00 bits per heavy atom. The first-order chi connectivity index (χ1) is 5.77. The number of hydrogen-bond donors (Lipinski definition) is 1. The Labute approximate surface area is 79.7 Å². The van der Waals surface area contributed by atoms with E-state index in [9.17, 15) is 4.79 Å². The summed E-state index contributed by atoms with van der Waals surface area (Å²) in [4.78, 5) is 10.1. The SMILES string of the molecule is CCCCCCCCCC(=O)O.F. The molecule has 0 atom stereocenters. The summed E-state index contributed by atoms with van der Waals surface area (Å²) in [6.45, 7) is 2.20. The van der Waals surface area contributed by atoms with Gasteiger partial charge >= 0.3 is 5.97 Å². The van der Waals surface area contributed by atoms with Gasteiger partial charge in [0.25, 0.3) is 0 Å². The number of rotatable bonds is 8. The fourth-order valence-corrected chi connectivity index (χ4v) is 1.23. The fourth-order valence-electron chi connectivity index (χ4n) is 1.23. The Morgan fingerprint density at radius 2 is 1.46 bits per heavy atom. The lowest BCUT2D eigenvalue weighted by molar-refractivity contribution is -0.137. The minimum Gasteiger partial charge on any atom is -0.481 e. The molecule has 13 heavy (non-hydrogen) atoms. The first kappa shape index (κ1) is 14.9. The Morgan fingerprint density at radius 3 is 1.92 bits per heavy atom. The van der Waals surface area contributed by atoms with Crippen LogP contribution in [0.25, 0.3) is 0 Å². The minimum absolute atomic E-state index is 0. The lowest BCUT2D eigenvalue weighted by Crippen LogP contribution is -1.93. The maximum Gasteiger partial charge on any atom is 0.303 e. The van der Waals surface area contributed by atoms with E-state index in [1.54, 1.807) is 0 Å². The zero-order chi connectivity index (χ0) is 9.23. The van der Waals surface area contributed by atoms with Crippen molar-refractivity contribution in [2.75, 3.05) is 0 Å². The number of carboxylic acid groups (broad SMARTS) is 1. The van der Waals surface area contributed by atoms with E-state index in [1.165, 1.54) is 32.1 Å². The van der Waals surface area contributed by atoms with Crippen molar-refractivity contribution in [1.82, 2.24) is 0 Å². The Hall–Kier alpha value is -0.600. The van der Waals surface area contributed by atoms with Crippen LogP contribution in [-0.4, -0.2) is 11.1 Å². The van der Waals surface area contributed by atoms with Crippen molar-refractivity contribution in [2.24, 2.45) is 0 Å². The molecule has 3 heteroatoms. The van der Waals surface area contributed by atoms with Crippen molar-refractivity contribution in [1.29, 1.82) is 0 Å². The predicted molar refractivity (Wildman–Crippen MR) is 52.7 cm³/mol. The molecule has 0 rings (SSSR count). The number of carbonyl (C=O) groups is 1. The molecule has 0 saturated heterocycles. The monoisotopic (exact) mass is 192 g/mol. The fraction of sp³-hybridized carbons (Fsp3) is 0.900. The topological polar surface area (TPSA) is 37.3 Å². The zero-order valence-electron chi connectivity index (χ0n) is 8.42. The van der Waals surface area contributed by atoms with Gasteiger partial charge in [-0.2, -0.15) is 0 Å². The average molecular weight is 192 g/mol. The van der Waals surface area contributed by atoms with Gasteiger partial charge in [0.1, 0.15) is 0 Å². The lowest BCUT2D eigenvalue weighted by Gasteiger charge is -1.98. The van der Waals surface area contributed by atoms with Crippen molar-refractivity contribution < 1.29 is 14.6 Å². The average Bonchev–Trinajstić information content (AvgIpc) is 2.02. The van der Waals surface area contributed by atoms with Crippen LogP contribution >= 0.6 is 0 Å². The van der Waals surface area contributed by atoms with Crippen LogP contribution in [0.3, 0.4) is 0 Å². The molecule has 0 fully saturated rings. The van der Waals surface area contributed by atoms with Gasteiger partial charge in [-0.05, 0) is 6.42 Å². The van der Waals surface area contributed by atoms with E-state index in [1.807, 2.05) is 0 Å². The number of carboxylic acids is 1. The Bertz CT molecular complexity index is 115. The second-order valence-corrected chi connectivity index (χ2v) is 3.27. The highest BCUT2D eigenvalue weighted by Crippen LogP contribution is 2.07. The van der Waals surface area contributed by atoms with Crippen molar-refractivity contribution in [3.8, 4) is 0 Å². The Balaban J connectivity index is 0. The van der Waals surface area contributed by atoms with Crippen LogP contribution in [0, 0.1) is 0 Å². The van der Waals surface area contributed by atoms with Crippen LogP contribution in [0.5, 0.6) is 0 Å². The molecule has 80 valence electrons. The van der Waals surface area contributed by atoms with Gasteiger partial charge in [0.05, 0.1) is 0 Å². The van der Waals surface area contributed by atoms with E-state index in [-0.39, 0.29) is 4.70 Å². The van der Waals surface area contributed by atoms with E-state index < -0.39 is 5.97 Å². The molecule has 0 heterocycles. The van der Waals surface area contributed by atoms with Gasteiger partial charge in [0.2, 0.25) is 0 Å². The number of hydrogen-bond acceptors (Lipinski definition) is 1. The van der Waals surface area contributed by atoms with Gasteiger partial charge < -0.3 is 5.11 Å². The van der Waals surface area contributed by atoms with Crippen LogP contribution < -0.4 is 0 Å². The molecule has 0 radical (unpaired) electrons. The third-order valence-corrected chi connectivity index (χ3v) is 1.99. The predicted octanol–water partition coefficient (Wildman–Crippen LogP) is 3.36. The van der Waals surface area contributed by atoms with Gasteiger partial charge in [0, 0.05) is 6.42 Å². The summed E-state index contributed by atoms with van der Waals surface area (Å²) in [5, 5.41) is 8.35. The third kappa shape index (κ3) is 14.3. The summed E-state index contributed by atoms with van der Waals surface area (Å²) in [5.74, 6) is -0.663. The molecule has 0 saturated carbocycles. The minimum atomic E-state index is -0.663. The first-order valence-corrected chi connectivity index (χ1v) is 4.99. The van der Waals surface area contributed by atoms with Gasteiger partial charge in [-0.25, -0.2) is 0 Å². The van der Waals surface area contributed by atoms with Crippen molar-refractivity contribution in [3.05, 3.63) is 0 Å². The number of aliphatic carboxylic acids is 1. The molecule has 0 spiro atoms. The van der Waals surface area contributed by atoms with Crippen LogP contribution in [0.4, 0.5) is 4.70 Å². The third-order valence-electron chi connectivity index (χ3n) is 1.99. The van der Waals surface area contributed by atoms with Crippen molar-refractivity contribution in [3.63, 3.8) is 0 Å². The quantitative estimate of drug-likeness (QED) is 0.599. The second kappa shape index (κ2) is 11.4. The Kier molecular flexibility index (Phi) is 13.1. The van der Waals surface area contributed by atoms with Gasteiger partial charge in [-0.1, -0.05) is 45.4 Å². The molecule has 0 amide bonds. The van der Waals surface area contributed by atoms with E-state index >= 15 is 0 Å². The van der Waals surface area contributed by atoms with Crippen molar-refractivity contribution in [2.45, 2.75) is 58.3 Å².